The van der Waals surface area contributed by atoms with Crippen LogP contribution in [-0.2, 0) is 9.59 Å². The number of nitrogens with one attached hydrogen (secondary N) is 2. The number of hydrogen-bond acceptors (Lipinski definition) is 3. The van der Waals surface area contributed by atoms with E-state index in [0.717, 1.165) is 6.20 Å². The van der Waals surface area contributed by atoms with Gasteiger partial charge in [0.25, 0.3) is 5.78 Å². The number of benzene rings is 1. The van der Waals surface area contributed by atoms with E-state index in [0.29, 0.717) is 21.8 Å². The van der Waals surface area contributed by atoms with Crippen molar-refractivity contribution < 1.29 is 22.8 Å². The van der Waals surface area contributed by atoms with Crippen molar-refractivity contribution in [2.75, 3.05) is 5.32 Å². The maximum Gasteiger partial charge on any atom is 0.454 e. The summed E-state index contributed by atoms with van der Waals surface area (Å²) in [5.41, 5.74) is 0.347. The van der Waals surface area contributed by atoms with Crippen LogP contribution in [0.4, 0.5) is 18.9 Å². The van der Waals surface area contributed by atoms with E-state index in [4.69, 9.17) is 23.2 Å². The highest BCUT2D eigenvalue weighted by Gasteiger charge is 2.36. The molecule has 0 saturated carbocycles. The molecule has 1 aromatic rings. The van der Waals surface area contributed by atoms with Crippen LogP contribution in [0.1, 0.15) is 13.8 Å². The summed E-state index contributed by atoms with van der Waals surface area (Å²) in [6.45, 7) is 3.39. The number of alkyl halides is 3. The topological polar surface area (TPSA) is 58.2 Å². The van der Waals surface area contributed by atoms with E-state index in [1.807, 2.05) is 0 Å². The summed E-state index contributed by atoms with van der Waals surface area (Å²) in [5.74, 6) is -2.78. The molecule has 2 N–H and O–H groups in total. The number of allylic oxidation sites excluding steroid dienone is 1. The third-order valence-electron chi connectivity index (χ3n) is 2.87. The number of carbonyl (C=O) groups excluding carboxylic acids is 2. The van der Waals surface area contributed by atoms with Crippen molar-refractivity contribution in [1.82, 2.24) is 5.32 Å². The lowest BCUT2D eigenvalue weighted by Crippen LogP contribution is -2.42. The van der Waals surface area contributed by atoms with Crippen molar-refractivity contribution >= 4 is 40.6 Å². The Morgan fingerprint density at radius 3 is 2.12 bits per heavy atom. The number of hydrogen-bond donors (Lipinski definition) is 2. The standard InChI is InChI=1S/C15H15Cl2F3N2O2/c1-8(2)13(21-4-3-12(23)15(18,19)20)14(24)22-11-6-9(16)5-10(17)7-11/h3-8,13,21H,1-2H3,(H,22,24)/b4-3+. The Labute approximate surface area is 147 Å². The summed E-state index contributed by atoms with van der Waals surface area (Å²) >= 11 is 11.7. The Morgan fingerprint density at radius 2 is 1.67 bits per heavy atom. The predicted octanol–water partition coefficient (Wildman–Crippen LogP) is 4.19. The zero-order chi connectivity index (χ0) is 18.5. The Balaban J connectivity index is 2.79. The van der Waals surface area contributed by atoms with E-state index in [2.05, 4.69) is 10.6 Å². The first kappa shape index (κ1) is 20.3. The van der Waals surface area contributed by atoms with E-state index in [9.17, 15) is 22.8 Å². The molecule has 0 aliphatic heterocycles. The van der Waals surface area contributed by atoms with E-state index >= 15 is 0 Å². The average molecular weight is 383 g/mol. The fourth-order valence-electron chi connectivity index (χ4n) is 1.74. The minimum absolute atomic E-state index is 0.259. The van der Waals surface area contributed by atoms with Crippen LogP contribution in [0.2, 0.25) is 10.0 Å². The van der Waals surface area contributed by atoms with Gasteiger partial charge in [0.15, 0.2) is 0 Å². The SMILES string of the molecule is CC(C)C(N/C=C/C(=O)C(F)(F)F)C(=O)Nc1cc(Cl)cc(Cl)c1. The molecule has 0 spiro atoms. The highest BCUT2D eigenvalue weighted by Crippen LogP contribution is 2.23. The molecule has 0 bridgehead atoms. The Hall–Kier alpha value is -1.73. The predicted molar refractivity (Wildman–Crippen MR) is 87.1 cm³/mol. The normalized spacial score (nSPS) is 13.2. The number of amides is 1. The molecule has 1 unspecified atom stereocenters. The first-order valence-corrected chi connectivity index (χ1v) is 7.57. The maximum absolute atomic E-state index is 12.2. The molecule has 0 aliphatic rings. The Bertz CT molecular complexity index is 626. The first-order valence-electron chi connectivity index (χ1n) is 6.81. The molecule has 9 heteroatoms. The third kappa shape index (κ3) is 6.41. The summed E-state index contributed by atoms with van der Waals surface area (Å²) in [6.07, 6.45) is -3.81. The lowest BCUT2D eigenvalue weighted by Gasteiger charge is -2.20. The van der Waals surface area contributed by atoms with Crippen molar-refractivity contribution in [3.8, 4) is 0 Å². The van der Waals surface area contributed by atoms with Crippen LogP contribution in [0.25, 0.3) is 0 Å². The molecule has 1 rings (SSSR count). The number of carbonyl (C=O) groups is 2. The van der Waals surface area contributed by atoms with Crippen LogP contribution < -0.4 is 10.6 Å². The smallest absolute Gasteiger partial charge is 0.379 e. The fourth-order valence-corrected chi connectivity index (χ4v) is 2.26. The Morgan fingerprint density at radius 1 is 1.12 bits per heavy atom. The lowest BCUT2D eigenvalue weighted by atomic mass is 10.0. The van der Waals surface area contributed by atoms with Gasteiger partial charge in [-0.1, -0.05) is 37.0 Å². The van der Waals surface area contributed by atoms with Crippen LogP contribution in [-0.4, -0.2) is 23.9 Å². The van der Waals surface area contributed by atoms with Crippen molar-refractivity contribution in [3.05, 3.63) is 40.5 Å². The van der Waals surface area contributed by atoms with Gasteiger partial charge >= 0.3 is 6.18 Å². The minimum Gasteiger partial charge on any atom is -0.379 e. The van der Waals surface area contributed by atoms with Crippen LogP contribution in [0.5, 0.6) is 0 Å². The molecule has 0 saturated heterocycles. The van der Waals surface area contributed by atoms with Crippen LogP contribution in [0.15, 0.2) is 30.5 Å². The summed E-state index contributed by atoms with van der Waals surface area (Å²) in [5, 5.41) is 5.70. The zero-order valence-electron chi connectivity index (χ0n) is 12.7. The van der Waals surface area contributed by atoms with Gasteiger partial charge in [-0.15, -0.1) is 0 Å². The summed E-state index contributed by atoms with van der Waals surface area (Å²) in [4.78, 5) is 23.0. The molecule has 0 fully saturated rings. The number of anilines is 1. The van der Waals surface area contributed by atoms with Crippen LogP contribution >= 0.6 is 23.2 Å². The Kier molecular flexibility index (Phi) is 7.10. The fraction of sp³-hybridized carbons (Fsp3) is 0.333. The van der Waals surface area contributed by atoms with Gasteiger partial charge in [0.05, 0.1) is 0 Å². The second kappa shape index (κ2) is 8.39. The van der Waals surface area contributed by atoms with Gasteiger partial charge < -0.3 is 10.6 Å². The van der Waals surface area contributed by atoms with Crippen molar-refractivity contribution in [2.24, 2.45) is 5.92 Å². The molecule has 0 heterocycles. The highest BCUT2D eigenvalue weighted by molar-refractivity contribution is 6.35. The van der Waals surface area contributed by atoms with Crippen molar-refractivity contribution in [1.29, 1.82) is 0 Å². The van der Waals surface area contributed by atoms with Gasteiger partial charge in [-0.05, 0) is 24.1 Å². The second-order valence-corrected chi connectivity index (χ2v) is 6.10. The van der Waals surface area contributed by atoms with E-state index in [-0.39, 0.29) is 5.92 Å². The van der Waals surface area contributed by atoms with Gasteiger partial charge in [0.2, 0.25) is 5.91 Å². The van der Waals surface area contributed by atoms with Crippen molar-refractivity contribution in [3.63, 3.8) is 0 Å². The molecule has 4 nitrogen and oxygen atoms in total. The molecular formula is C15H15Cl2F3N2O2. The van der Waals surface area contributed by atoms with Gasteiger partial charge in [-0.3, -0.25) is 9.59 Å². The molecule has 132 valence electrons. The lowest BCUT2D eigenvalue weighted by molar-refractivity contribution is -0.165. The second-order valence-electron chi connectivity index (χ2n) is 5.23. The third-order valence-corrected chi connectivity index (χ3v) is 3.31. The van der Waals surface area contributed by atoms with Gasteiger partial charge in [-0.25, -0.2) is 0 Å². The van der Waals surface area contributed by atoms with Crippen molar-refractivity contribution in [2.45, 2.75) is 26.1 Å². The first-order chi connectivity index (χ1) is 11.0. The van der Waals surface area contributed by atoms with Gasteiger partial charge in [-0.2, -0.15) is 13.2 Å². The number of ketones is 1. The number of rotatable bonds is 6. The van der Waals surface area contributed by atoms with Crippen LogP contribution in [0.3, 0.4) is 0 Å². The molecule has 1 aromatic carbocycles. The maximum atomic E-state index is 12.2. The van der Waals surface area contributed by atoms with E-state index < -0.39 is 23.9 Å². The van der Waals surface area contributed by atoms with E-state index in [1.54, 1.807) is 13.8 Å². The molecule has 0 radical (unpaired) electrons. The highest BCUT2D eigenvalue weighted by atomic mass is 35.5. The van der Waals surface area contributed by atoms with Gasteiger partial charge in [0, 0.05) is 28.0 Å². The number of halogens is 5. The van der Waals surface area contributed by atoms with Gasteiger partial charge in [0.1, 0.15) is 6.04 Å². The largest absolute Gasteiger partial charge is 0.454 e. The molecule has 1 amide bonds. The quantitative estimate of drug-likeness (QED) is 0.725. The molecule has 0 aliphatic carbocycles. The summed E-state index contributed by atoms with van der Waals surface area (Å²) < 4.78 is 36.4. The zero-order valence-corrected chi connectivity index (χ0v) is 14.3. The molecular weight excluding hydrogens is 368 g/mol. The molecule has 0 aromatic heterocycles. The van der Waals surface area contributed by atoms with Crippen LogP contribution in [0, 0.1) is 5.92 Å². The average Bonchev–Trinajstić information content (AvgIpc) is 2.40. The molecule has 1 atom stereocenters. The summed E-state index contributed by atoms with van der Waals surface area (Å²) in [6, 6.07) is 3.58. The minimum atomic E-state index is -4.95. The molecule has 24 heavy (non-hydrogen) atoms. The van der Waals surface area contributed by atoms with E-state index in [1.165, 1.54) is 18.2 Å². The summed E-state index contributed by atoms with van der Waals surface area (Å²) in [7, 11) is 0. The monoisotopic (exact) mass is 382 g/mol.